The number of aryl methyl sites for hydroxylation is 1. The maximum absolute atomic E-state index is 12.1. The number of benzene rings is 1. The van der Waals surface area contributed by atoms with E-state index in [1.807, 2.05) is 17.7 Å². The summed E-state index contributed by atoms with van der Waals surface area (Å²) in [5.74, 6) is 0.355. The molecule has 2 N–H and O–H groups in total. The Kier molecular flexibility index (Phi) is 10.7. The SMILES string of the molecule is CCCCCCCCCCCCN1c2cc(C)c(NC(=O)NS(C)(=O)=O)cc2C(C)CC1(C)C. The third kappa shape index (κ3) is 8.79. The van der Waals surface area contributed by atoms with Crippen LogP contribution in [-0.4, -0.2) is 32.8 Å². The molecule has 1 unspecified atom stereocenters. The maximum Gasteiger partial charge on any atom is 0.332 e. The minimum Gasteiger partial charge on any atom is -0.366 e. The Morgan fingerprint density at radius 2 is 1.59 bits per heavy atom. The Bertz CT molecular complexity index is 912. The van der Waals surface area contributed by atoms with Crippen LogP contribution in [0.25, 0.3) is 0 Å². The molecule has 0 aromatic heterocycles. The van der Waals surface area contributed by atoms with Crippen LogP contribution in [0.1, 0.15) is 115 Å². The fraction of sp³-hybridized carbons (Fsp3) is 0.741. The molecule has 7 heteroatoms. The number of carbonyl (C=O) groups excluding carboxylic acids is 1. The molecule has 34 heavy (non-hydrogen) atoms. The molecule has 194 valence electrons. The molecule has 6 nitrogen and oxygen atoms in total. The monoisotopic (exact) mass is 493 g/mol. The molecule has 2 rings (SSSR count). The van der Waals surface area contributed by atoms with Gasteiger partial charge < -0.3 is 10.2 Å². The quantitative estimate of drug-likeness (QED) is 0.288. The highest BCUT2D eigenvalue weighted by Crippen LogP contribution is 2.45. The molecule has 0 saturated heterocycles. The summed E-state index contributed by atoms with van der Waals surface area (Å²) >= 11 is 0. The Morgan fingerprint density at radius 1 is 1.03 bits per heavy atom. The molecule has 0 radical (unpaired) electrons. The Morgan fingerprint density at radius 3 is 2.15 bits per heavy atom. The first-order valence-electron chi connectivity index (χ1n) is 13.2. The number of carbonyl (C=O) groups is 1. The minimum atomic E-state index is -3.60. The van der Waals surface area contributed by atoms with Crippen molar-refractivity contribution in [2.24, 2.45) is 0 Å². The highest BCUT2D eigenvalue weighted by Gasteiger charge is 2.36. The summed E-state index contributed by atoms with van der Waals surface area (Å²) in [6.45, 7) is 12.1. The third-order valence-electron chi connectivity index (χ3n) is 6.99. The molecule has 1 aliphatic heterocycles. The molecule has 0 saturated carbocycles. The number of fused-ring (bicyclic) bond motifs is 1. The van der Waals surface area contributed by atoms with Gasteiger partial charge in [0.15, 0.2) is 0 Å². The van der Waals surface area contributed by atoms with Gasteiger partial charge in [0, 0.05) is 23.5 Å². The number of anilines is 2. The first kappa shape index (κ1) is 28.5. The summed E-state index contributed by atoms with van der Waals surface area (Å²) in [6, 6.07) is 3.45. The van der Waals surface area contributed by atoms with Crippen molar-refractivity contribution >= 4 is 27.4 Å². The van der Waals surface area contributed by atoms with E-state index in [0.717, 1.165) is 24.8 Å². The lowest BCUT2D eigenvalue weighted by molar-refractivity contribution is 0.256. The van der Waals surface area contributed by atoms with Crippen molar-refractivity contribution in [3.05, 3.63) is 23.3 Å². The number of sulfonamides is 1. The second-order valence-corrected chi connectivity index (χ2v) is 12.6. The smallest absolute Gasteiger partial charge is 0.332 e. The highest BCUT2D eigenvalue weighted by molar-refractivity contribution is 7.89. The van der Waals surface area contributed by atoms with E-state index in [2.05, 4.69) is 44.0 Å². The average Bonchev–Trinajstić information content (AvgIpc) is 2.70. The van der Waals surface area contributed by atoms with Gasteiger partial charge in [-0.05, 0) is 62.8 Å². The zero-order chi connectivity index (χ0) is 25.4. The lowest BCUT2D eigenvalue weighted by Crippen LogP contribution is -2.48. The largest absolute Gasteiger partial charge is 0.366 e. The summed E-state index contributed by atoms with van der Waals surface area (Å²) < 4.78 is 24.7. The minimum absolute atomic E-state index is 0.0702. The standard InChI is InChI=1S/C27H47N3O3S/c1-7-8-9-10-11-12-13-14-15-16-17-30-25-18-21(2)24(28-26(31)29-34(6,32)33)19-23(25)22(3)20-27(30,4)5/h18-19,22H,7-17,20H2,1-6H3,(H2,28,29,31). The number of hydrogen-bond acceptors (Lipinski definition) is 4. The number of nitrogens with zero attached hydrogens (tertiary/aromatic N) is 1. The van der Waals surface area contributed by atoms with Gasteiger partial charge in [-0.3, -0.25) is 0 Å². The fourth-order valence-electron chi connectivity index (χ4n) is 5.26. The number of hydrogen-bond donors (Lipinski definition) is 2. The van der Waals surface area contributed by atoms with Crippen molar-refractivity contribution in [2.45, 2.75) is 117 Å². The fourth-order valence-corrected chi connectivity index (χ4v) is 5.65. The van der Waals surface area contributed by atoms with Gasteiger partial charge in [-0.25, -0.2) is 17.9 Å². The van der Waals surface area contributed by atoms with Crippen LogP contribution in [0.5, 0.6) is 0 Å². The number of unbranched alkanes of at least 4 members (excludes halogenated alkanes) is 9. The second kappa shape index (κ2) is 12.8. The molecule has 1 atom stereocenters. The summed E-state index contributed by atoms with van der Waals surface area (Å²) in [6.07, 6.45) is 15.3. The van der Waals surface area contributed by atoms with Gasteiger partial charge in [0.05, 0.1) is 6.26 Å². The van der Waals surface area contributed by atoms with Gasteiger partial charge in [-0.1, -0.05) is 71.6 Å². The van der Waals surface area contributed by atoms with E-state index in [0.29, 0.717) is 11.6 Å². The maximum atomic E-state index is 12.1. The summed E-state index contributed by atoms with van der Waals surface area (Å²) in [7, 11) is -3.60. The van der Waals surface area contributed by atoms with Crippen molar-refractivity contribution < 1.29 is 13.2 Å². The second-order valence-electron chi connectivity index (χ2n) is 10.8. The molecule has 1 aromatic carbocycles. The zero-order valence-electron chi connectivity index (χ0n) is 22.3. The predicted molar refractivity (Wildman–Crippen MR) is 144 cm³/mol. The van der Waals surface area contributed by atoms with Crippen molar-refractivity contribution in [1.82, 2.24) is 4.72 Å². The first-order valence-corrected chi connectivity index (χ1v) is 15.0. The van der Waals surface area contributed by atoms with Crippen LogP contribution in [0.15, 0.2) is 12.1 Å². The van der Waals surface area contributed by atoms with Crippen LogP contribution >= 0.6 is 0 Å². The molecule has 0 spiro atoms. The summed E-state index contributed by atoms with van der Waals surface area (Å²) in [4.78, 5) is 14.6. The lowest BCUT2D eigenvalue weighted by Gasteiger charge is -2.48. The zero-order valence-corrected chi connectivity index (χ0v) is 23.1. The van der Waals surface area contributed by atoms with Gasteiger partial charge in [-0.2, -0.15) is 0 Å². The Labute approximate surface area is 208 Å². The molecule has 0 bridgehead atoms. The number of rotatable bonds is 13. The Hall–Kier alpha value is -1.76. The number of urea groups is 1. The molecular formula is C27H47N3O3S. The van der Waals surface area contributed by atoms with Crippen LogP contribution in [0, 0.1) is 6.92 Å². The van der Waals surface area contributed by atoms with Crippen LogP contribution in [0.2, 0.25) is 0 Å². The predicted octanol–water partition coefficient (Wildman–Crippen LogP) is 7.09. The van der Waals surface area contributed by atoms with Crippen molar-refractivity contribution in [2.75, 3.05) is 23.0 Å². The molecule has 2 amide bonds. The molecular weight excluding hydrogens is 446 g/mol. The van der Waals surface area contributed by atoms with E-state index in [-0.39, 0.29) is 5.54 Å². The average molecular weight is 494 g/mol. The normalized spacial score (nSPS) is 17.4. The van der Waals surface area contributed by atoms with Gasteiger partial charge in [0.25, 0.3) is 0 Å². The van der Waals surface area contributed by atoms with Crippen LogP contribution in [0.4, 0.5) is 16.2 Å². The number of nitrogens with one attached hydrogen (secondary N) is 2. The lowest BCUT2D eigenvalue weighted by atomic mass is 9.79. The van der Waals surface area contributed by atoms with Gasteiger partial charge >= 0.3 is 6.03 Å². The van der Waals surface area contributed by atoms with Crippen LogP contribution in [0.3, 0.4) is 0 Å². The van der Waals surface area contributed by atoms with Gasteiger partial charge in [0.2, 0.25) is 10.0 Å². The van der Waals surface area contributed by atoms with Crippen LogP contribution < -0.4 is 14.9 Å². The van der Waals surface area contributed by atoms with E-state index >= 15 is 0 Å². The molecule has 0 fully saturated rings. The van der Waals surface area contributed by atoms with E-state index in [4.69, 9.17) is 0 Å². The van der Waals surface area contributed by atoms with Crippen molar-refractivity contribution in [3.8, 4) is 0 Å². The molecule has 1 aliphatic rings. The van der Waals surface area contributed by atoms with E-state index in [9.17, 15) is 13.2 Å². The van der Waals surface area contributed by atoms with Crippen LogP contribution in [-0.2, 0) is 10.0 Å². The molecule has 1 heterocycles. The van der Waals surface area contributed by atoms with E-state index in [1.54, 1.807) is 0 Å². The first-order chi connectivity index (χ1) is 15.9. The summed E-state index contributed by atoms with van der Waals surface area (Å²) in [5.41, 5.74) is 4.12. The third-order valence-corrected chi connectivity index (χ3v) is 7.55. The molecule has 1 aromatic rings. The highest BCUT2D eigenvalue weighted by atomic mass is 32.2. The number of amides is 2. The summed E-state index contributed by atoms with van der Waals surface area (Å²) in [5, 5.41) is 2.71. The Balaban J connectivity index is 1.99. The van der Waals surface area contributed by atoms with E-state index in [1.165, 1.54) is 75.5 Å². The molecule has 0 aliphatic carbocycles. The van der Waals surface area contributed by atoms with Gasteiger partial charge in [0.1, 0.15) is 0 Å². The van der Waals surface area contributed by atoms with E-state index < -0.39 is 16.1 Å². The van der Waals surface area contributed by atoms with Crippen molar-refractivity contribution in [1.29, 1.82) is 0 Å². The van der Waals surface area contributed by atoms with Crippen molar-refractivity contribution in [3.63, 3.8) is 0 Å². The topological polar surface area (TPSA) is 78.5 Å². The van der Waals surface area contributed by atoms with Gasteiger partial charge in [-0.15, -0.1) is 0 Å².